The maximum absolute atomic E-state index is 6.35. The Morgan fingerprint density at radius 3 is 1.00 bits per heavy atom. The van der Waals surface area contributed by atoms with Crippen molar-refractivity contribution in [2.24, 2.45) is 17.8 Å². The Hall–Kier alpha value is -2.38. The van der Waals surface area contributed by atoms with E-state index in [1.165, 1.54) is 13.1 Å². The molecule has 0 aliphatic rings. The Morgan fingerprint density at radius 1 is 0.471 bits per heavy atom. The minimum absolute atomic E-state index is 0.456. The summed E-state index contributed by atoms with van der Waals surface area (Å²) < 4.78 is 22.8. The van der Waals surface area contributed by atoms with Crippen LogP contribution in [0.1, 0.15) is 41.5 Å². The molecule has 34 heavy (non-hydrogen) atoms. The van der Waals surface area contributed by atoms with Crippen molar-refractivity contribution in [2.45, 2.75) is 41.5 Å². The summed E-state index contributed by atoms with van der Waals surface area (Å²) in [5, 5.41) is 0. The van der Waals surface area contributed by atoms with Crippen LogP contribution in [0.15, 0.2) is 72.8 Å². The second-order valence-electron chi connectivity index (χ2n) is 9.85. The fraction of sp³-hybridized carbons (Fsp3) is 0.400. The molecule has 0 fully saturated rings. The third kappa shape index (κ3) is 7.31. The van der Waals surface area contributed by atoms with Crippen LogP contribution in [0.4, 0.5) is 0 Å². The fourth-order valence-corrected chi connectivity index (χ4v) is 8.83. The average Bonchev–Trinajstić information content (AvgIpc) is 2.82. The molecule has 0 radical (unpaired) electrons. The van der Waals surface area contributed by atoms with Crippen molar-refractivity contribution in [3.05, 3.63) is 72.8 Å². The molecule has 0 unspecified atom stereocenters. The zero-order valence-electron chi connectivity index (χ0n) is 21.5. The Labute approximate surface area is 210 Å². The van der Waals surface area contributed by atoms with E-state index in [2.05, 4.69) is 114 Å². The zero-order valence-corrected chi connectivity index (χ0v) is 23.3. The Morgan fingerprint density at radius 2 is 0.735 bits per heavy atom. The molecule has 0 saturated heterocycles. The minimum atomic E-state index is -2.09. The molecule has 0 aromatic heterocycles. The number of hydrogen-bond donors (Lipinski definition) is 0. The molecule has 3 aromatic carbocycles. The summed E-state index contributed by atoms with van der Waals surface area (Å²) in [4.78, 5) is 0. The van der Waals surface area contributed by atoms with E-state index in [9.17, 15) is 0 Å². The summed E-state index contributed by atoms with van der Waals surface area (Å²) >= 11 is -2.09. The third-order valence-corrected chi connectivity index (χ3v) is 10.4. The fourth-order valence-electron chi connectivity index (χ4n) is 3.45. The summed E-state index contributed by atoms with van der Waals surface area (Å²) in [5.41, 5.74) is 0. The van der Waals surface area contributed by atoms with E-state index in [-0.39, 0.29) is 0 Å². The topological polar surface area (TPSA) is 27.7 Å². The van der Waals surface area contributed by atoms with Crippen molar-refractivity contribution < 1.29 is 14.2 Å². The van der Waals surface area contributed by atoms with Crippen LogP contribution in [0.25, 0.3) is 0 Å². The van der Waals surface area contributed by atoms with Gasteiger partial charge in [0, 0.05) is 0 Å². The molecule has 3 nitrogen and oxygen atoms in total. The molecule has 0 saturated carbocycles. The van der Waals surface area contributed by atoms with Gasteiger partial charge in [-0.25, -0.2) is 0 Å². The van der Waals surface area contributed by atoms with Crippen LogP contribution < -0.4 is 27.3 Å². The van der Waals surface area contributed by atoms with Gasteiger partial charge in [0.1, 0.15) is 0 Å². The first-order chi connectivity index (χ1) is 16.4. The van der Waals surface area contributed by atoms with Gasteiger partial charge in [0.2, 0.25) is 0 Å². The van der Waals surface area contributed by atoms with E-state index in [0.717, 1.165) is 17.2 Å². The molecular formula is C30H39AsO3. The molecule has 0 heterocycles. The standard InChI is InChI=1S/C30H39AsO3/c1-22(2)19-32-28-16-10-7-13-25(28)31(26-14-8-11-17-29(26)33-20-23(3)4)27-15-9-12-18-30(27)34-21-24(5)6/h7-18,22-24H,19-21H2,1-6H3. The van der Waals surface area contributed by atoms with Gasteiger partial charge in [-0.3, -0.25) is 0 Å². The normalized spacial score (nSPS) is 11.5. The van der Waals surface area contributed by atoms with E-state index in [1.54, 1.807) is 0 Å². The van der Waals surface area contributed by atoms with Gasteiger partial charge in [-0.15, -0.1) is 0 Å². The van der Waals surface area contributed by atoms with Gasteiger partial charge in [-0.05, 0) is 0 Å². The van der Waals surface area contributed by atoms with E-state index in [0.29, 0.717) is 37.6 Å². The van der Waals surface area contributed by atoms with Crippen molar-refractivity contribution in [2.75, 3.05) is 19.8 Å². The van der Waals surface area contributed by atoms with Gasteiger partial charge in [0.15, 0.2) is 0 Å². The SMILES string of the molecule is CC(C)COc1ccccc1[As](c1ccccc1OCC(C)C)c1ccccc1OCC(C)C. The second-order valence-corrected chi connectivity index (χ2v) is 14.3. The molecule has 0 bridgehead atoms. The van der Waals surface area contributed by atoms with E-state index < -0.39 is 14.7 Å². The average molecular weight is 523 g/mol. The van der Waals surface area contributed by atoms with E-state index >= 15 is 0 Å². The molecule has 3 aromatic rings. The number of hydrogen-bond acceptors (Lipinski definition) is 3. The molecule has 0 amide bonds. The van der Waals surface area contributed by atoms with E-state index in [4.69, 9.17) is 14.2 Å². The maximum atomic E-state index is 6.35. The zero-order chi connectivity index (χ0) is 24.5. The molecule has 0 aliphatic heterocycles. The first kappa shape index (κ1) is 26.2. The van der Waals surface area contributed by atoms with Crippen LogP contribution in [-0.2, 0) is 0 Å². The molecule has 3 rings (SSSR count). The number of para-hydroxylation sites is 3. The quantitative estimate of drug-likeness (QED) is 0.302. The van der Waals surface area contributed by atoms with Gasteiger partial charge >= 0.3 is 211 Å². The van der Waals surface area contributed by atoms with Crippen LogP contribution in [0.5, 0.6) is 17.2 Å². The van der Waals surface area contributed by atoms with Gasteiger partial charge in [0.25, 0.3) is 0 Å². The summed E-state index contributed by atoms with van der Waals surface area (Å²) in [6.45, 7) is 15.2. The van der Waals surface area contributed by atoms with Crippen molar-refractivity contribution >= 4 is 27.7 Å². The van der Waals surface area contributed by atoms with Crippen molar-refractivity contribution in [3.8, 4) is 17.2 Å². The van der Waals surface area contributed by atoms with Crippen LogP contribution >= 0.6 is 0 Å². The Bertz CT molecular complexity index is 897. The van der Waals surface area contributed by atoms with Crippen molar-refractivity contribution in [1.82, 2.24) is 0 Å². The number of ether oxygens (including phenoxy) is 3. The summed E-state index contributed by atoms with van der Waals surface area (Å²) in [5.74, 6) is 4.27. The van der Waals surface area contributed by atoms with Crippen LogP contribution in [0.3, 0.4) is 0 Å². The molecule has 4 heteroatoms. The second kappa shape index (κ2) is 12.9. The van der Waals surface area contributed by atoms with Gasteiger partial charge < -0.3 is 0 Å². The first-order valence-electron chi connectivity index (χ1n) is 12.3. The van der Waals surface area contributed by atoms with Crippen LogP contribution in [0, 0.1) is 17.8 Å². The molecule has 0 aliphatic carbocycles. The predicted molar refractivity (Wildman–Crippen MR) is 145 cm³/mol. The van der Waals surface area contributed by atoms with Crippen LogP contribution in [-0.4, -0.2) is 34.5 Å². The summed E-state index contributed by atoms with van der Waals surface area (Å²) in [7, 11) is 0. The molecule has 182 valence electrons. The predicted octanol–water partition coefficient (Wildman–Crippen LogP) is 5.31. The number of benzene rings is 3. The molecule has 0 spiro atoms. The molecular weight excluding hydrogens is 483 g/mol. The van der Waals surface area contributed by atoms with Gasteiger partial charge in [-0.2, -0.15) is 0 Å². The van der Waals surface area contributed by atoms with Gasteiger partial charge in [0.05, 0.1) is 0 Å². The van der Waals surface area contributed by atoms with Gasteiger partial charge in [-0.1, -0.05) is 0 Å². The Kier molecular flexibility index (Phi) is 9.96. The summed E-state index contributed by atoms with van der Waals surface area (Å²) in [6.07, 6.45) is 0. The summed E-state index contributed by atoms with van der Waals surface area (Å²) in [6, 6.07) is 25.6. The monoisotopic (exact) mass is 522 g/mol. The first-order valence-corrected chi connectivity index (χ1v) is 15.1. The molecule has 0 atom stereocenters. The number of rotatable bonds is 12. The van der Waals surface area contributed by atoms with E-state index in [1.807, 2.05) is 0 Å². The molecule has 0 N–H and O–H groups in total. The van der Waals surface area contributed by atoms with Crippen LogP contribution in [0.2, 0.25) is 0 Å². The third-order valence-electron chi connectivity index (χ3n) is 5.03. The van der Waals surface area contributed by atoms with Crippen molar-refractivity contribution in [1.29, 1.82) is 0 Å². The Balaban J connectivity index is 2.17. The van der Waals surface area contributed by atoms with Crippen molar-refractivity contribution in [3.63, 3.8) is 0 Å².